The molecule has 1 aromatic rings. The lowest BCUT2D eigenvalue weighted by molar-refractivity contribution is 0.283. The van der Waals surface area contributed by atoms with Crippen molar-refractivity contribution in [1.82, 2.24) is 20.1 Å². The van der Waals surface area contributed by atoms with E-state index in [4.69, 9.17) is 4.74 Å². The molecule has 14 heavy (non-hydrogen) atoms. The summed E-state index contributed by atoms with van der Waals surface area (Å²) in [6, 6.07) is 1.25. The van der Waals surface area contributed by atoms with Gasteiger partial charge in [0, 0.05) is 13.1 Å². The summed E-state index contributed by atoms with van der Waals surface area (Å²) in [5.41, 5.74) is 0. The molecular formula is C9H16N4O. The molecule has 1 N–H and O–H groups in total. The highest BCUT2D eigenvalue weighted by atomic mass is 16.5. The van der Waals surface area contributed by atoms with Gasteiger partial charge < -0.3 is 10.1 Å². The van der Waals surface area contributed by atoms with Gasteiger partial charge in [0.25, 0.3) is 0 Å². The summed E-state index contributed by atoms with van der Waals surface area (Å²) in [5, 5.41) is 7.44. The molecule has 0 atom stereocenters. The highest BCUT2D eigenvalue weighted by Gasteiger charge is 2.19. The van der Waals surface area contributed by atoms with Crippen molar-refractivity contribution in [2.75, 3.05) is 13.2 Å². The SMILES string of the molecule is Cn1cnc(OCCCNC2CC2)n1. The Bertz CT molecular complexity index is 282. The maximum atomic E-state index is 5.35. The first-order valence-electron chi connectivity index (χ1n) is 5.06. The summed E-state index contributed by atoms with van der Waals surface area (Å²) in [4.78, 5) is 3.97. The predicted molar refractivity (Wildman–Crippen MR) is 52.1 cm³/mol. The van der Waals surface area contributed by atoms with E-state index in [1.165, 1.54) is 12.8 Å². The van der Waals surface area contributed by atoms with Gasteiger partial charge in [-0.2, -0.15) is 4.98 Å². The molecule has 78 valence electrons. The van der Waals surface area contributed by atoms with Crippen LogP contribution < -0.4 is 10.1 Å². The van der Waals surface area contributed by atoms with Crippen molar-refractivity contribution in [1.29, 1.82) is 0 Å². The Hall–Kier alpha value is -1.10. The zero-order chi connectivity index (χ0) is 9.80. The van der Waals surface area contributed by atoms with Crippen molar-refractivity contribution in [2.45, 2.75) is 25.3 Å². The normalized spacial score (nSPS) is 15.8. The summed E-state index contributed by atoms with van der Waals surface area (Å²) in [5.74, 6) is 0. The molecule has 0 unspecified atom stereocenters. The number of aryl methyl sites for hydroxylation is 1. The Morgan fingerprint density at radius 2 is 2.50 bits per heavy atom. The Kier molecular flexibility index (Phi) is 2.98. The smallest absolute Gasteiger partial charge is 0.335 e. The van der Waals surface area contributed by atoms with Crippen LogP contribution in [0.5, 0.6) is 6.01 Å². The van der Waals surface area contributed by atoms with Gasteiger partial charge in [0.15, 0.2) is 0 Å². The Morgan fingerprint density at radius 3 is 3.14 bits per heavy atom. The average Bonchev–Trinajstić information content (AvgIpc) is 2.89. The molecule has 1 aromatic heterocycles. The maximum absolute atomic E-state index is 5.35. The fraction of sp³-hybridized carbons (Fsp3) is 0.778. The molecule has 2 rings (SSSR count). The number of ether oxygens (including phenoxy) is 1. The highest BCUT2D eigenvalue weighted by molar-refractivity contribution is 4.86. The van der Waals surface area contributed by atoms with Crippen molar-refractivity contribution >= 4 is 0 Å². The molecule has 0 aromatic carbocycles. The molecule has 0 spiro atoms. The fourth-order valence-electron chi connectivity index (χ4n) is 1.21. The molecule has 0 saturated heterocycles. The third kappa shape index (κ3) is 2.99. The van der Waals surface area contributed by atoms with Crippen molar-refractivity contribution in [3.63, 3.8) is 0 Å². The molecular weight excluding hydrogens is 180 g/mol. The summed E-state index contributed by atoms with van der Waals surface area (Å²) in [6.07, 6.45) is 5.32. The second-order valence-electron chi connectivity index (χ2n) is 3.63. The van der Waals surface area contributed by atoms with Gasteiger partial charge in [0.05, 0.1) is 6.61 Å². The van der Waals surface area contributed by atoms with Gasteiger partial charge in [-0.25, -0.2) is 0 Å². The standard InChI is InChI=1S/C9H16N4O/c1-13-7-11-9(12-13)14-6-2-5-10-8-3-4-8/h7-8,10H,2-6H2,1H3. The Morgan fingerprint density at radius 1 is 1.64 bits per heavy atom. The third-order valence-electron chi connectivity index (χ3n) is 2.14. The van der Waals surface area contributed by atoms with E-state index in [-0.39, 0.29) is 0 Å². The molecule has 1 aliphatic carbocycles. The van der Waals surface area contributed by atoms with E-state index in [1.54, 1.807) is 11.0 Å². The summed E-state index contributed by atoms with van der Waals surface area (Å²) in [6.45, 7) is 1.71. The Balaban J connectivity index is 1.53. The minimum absolute atomic E-state index is 0.471. The molecule has 5 heteroatoms. The summed E-state index contributed by atoms with van der Waals surface area (Å²) >= 11 is 0. The molecule has 0 radical (unpaired) electrons. The summed E-state index contributed by atoms with van der Waals surface area (Å²) in [7, 11) is 1.83. The van der Waals surface area contributed by atoms with E-state index in [1.807, 2.05) is 7.05 Å². The van der Waals surface area contributed by atoms with Crippen LogP contribution in [0.25, 0.3) is 0 Å². The molecule has 0 aliphatic heterocycles. The second-order valence-corrected chi connectivity index (χ2v) is 3.63. The van der Waals surface area contributed by atoms with Gasteiger partial charge in [-0.3, -0.25) is 4.68 Å². The number of rotatable bonds is 6. The molecule has 0 bridgehead atoms. The second kappa shape index (κ2) is 4.41. The van der Waals surface area contributed by atoms with Crippen molar-refractivity contribution in [3.05, 3.63) is 6.33 Å². The number of nitrogens with one attached hydrogen (secondary N) is 1. The zero-order valence-corrected chi connectivity index (χ0v) is 8.44. The molecule has 0 amide bonds. The molecule has 1 saturated carbocycles. The lowest BCUT2D eigenvalue weighted by Crippen LogP contribution is -2.19. The largest absolute Gasteiger partial charge is 0.462 e. The van der Waals surface area contributed by atoms with Crippen LogP contribution in [-0.2, 0) is 7.05 Å². The first kappa shape index (κ1) is 9.45. The minimum Gasteiger partial charge on any atom is -0.462 e. The van der Waals surface area contributed by atoms with Crippen molar-refractivity contribution in [2.24, 2.45) is 7.05 Å². The van der Waals surface area contributed by atoms with Gasteiger partial charge in [0.2, 0.25) is 0 Å². The monoisotopic (exact) mass is 196 g/mol. The van der Waals surface area contributed by atoms with E-state index in [0.29, 0.717) is 12.6 Å². The van der Waals surface area contributed by atoms with Crippen LogP contribution in [0.15, 0.2) is 6.33 Å². The quantitative estimate of drug-likeness (QED) is 0.666. The van der Waals surface area contributed by atoms with E-state index in [0.717, 1.165) is 19.0 Å². The van der Waals surface area contributed by atoms with Gasteiger partial charge in [-0.15, -0.1) is 5.10 Å². The summed E-state index contributed by atoms with van der Waals surface area (Å²) < 4.78 is 6.98. The van der Waals surface area contributed by atoms with Gasteiger partial charge in [-0.05, 0) is 25.8 Å². The first-order chi connectivity index (χ1) is 6.84. The maximum Gasteiger partial charge on any atom is 0.335 e. The highest BCUT2D eigenvalue weighted by Crippen LogP contribution is 2.18. The number of hydrogen-bond donors (Lipinski definition) is 1. The molecule has 5 nitrogen and oxygen atoms in total. The van der Waals surface area contributed by atoms with Gasteiger partial charge in [-0.1, -0.05) is 0 Å². The molecule has 1 heterocycles. The average molecular weight is 196 g/mol. The topological polar surface area (TPSA) is 52.0 Å². The molecule has 1 fully saturated rings. The zero-order valence-electron chi connectivity index (χ0n) is 8.44. The van der Waals surface area contributed by atoms with E-state index in [2.05, 4.69) is 15.4 Å². The van der Waals surface area contributed by atoms with Crippen LogP contribution in [0.4, 0.5) is 0 Å². The van der Waals surface area contributed by atoms with Crippen LogP contribution >= 0.6 is 0 Å². The lowest BCUT2D eigenvalue weighted by atomic mass is 10.4. The van der Waals surface area contributed by atoms with Crippen LogP contribution in [-0.4, -0.2) is 34.0 Å². The van der Waals surface area contributed by atoms with Gasteiger partial charge in [0.1, 0.15) is 6.33 Å². The minimum atomic E-state index is 0.471. The van der Waals surface area contributed by atoms with E-state index < -0.39 is 0 Å². The van der Waals surface area contributed by atoms with Crippen LogP contribution in [0.2, 0.25) is 0 Å². The van der Waals surface area contributed by atoms with E-state index in [9.17, 15) is 0 Å². The van der Waals surface area contributed by atoms with Crippen LogP contribution in [0, 0.1) is 0 Å². The van der Waals surface area contributed by atoms with Crippen LogP contribution in [0.1, 0.15) is 19.3 Å². The fourth-order valence-corrected chi connectivity index (χ4v) is 1.21. The van der Waals surface area contributed by atoms with Crippen molar-refractivity contribution in [3.8, 4) is 6.01 Å². The Labute approximate surface area is 83.5 Å². The van der Waals surface area contributed by atoms with Crippen LogP contribution in [0.3, 0.4) is 0 Å². The first-order valence-corrected chi connectivity index (χ1v) is 5.06. The van der Waals surface area contributed by atoms with Crippen molar-refractivity contribution < 1.29 is 4.74 Å². The number of aromatic nitrogens is 3. The van der Waals surface area contributed by atoms with Gasteiger partial charge >= 0.3 is 6.01 Å². The molecule has 1 aliphatic rings. The third-order valence-corrected chi connectivity index (χ3v) is 2.14. The van der Waals surface area contributed by atoms with E-state index >= 15 is 0 Å². The number of hydrogen-bond acceptors (Lipinski definition) is 4. The predicted octanol–water partition coefficient (Wildman–Crippen LogP) is 0.336. The lowest BCUT2D eigenvalue weighted by Gasteiger charge is -2.02. The number of nitrogens with zero attached hydrogens (tertiary/aromatic N) is 3.